The van der Waals surface area contributed by atoms with E-state index in [0.717, 1.165) is 5.56 Å². The van der Waals surface area contributed by atoms with E-state index >= 15 is 0 Å². The summed E-state index contributed by atoms with van der Waals surface area (Å²) in [6.45, 7) is 0.769. The van der Waals surface area contributed by atoms with E-state index < -0.39 is 18.0 Å². The second kappa shape index (κ2) is 10.9. The lowest BCUT2D eigenvalue weighted by Crippen LogP contribution is -2.43. The molecule has 0 aliphatic rings. The SMILES string of the molecule is NCCCC[C@H](NC(=O)Nc1ccc(OCc2ccc(F)cc2)cc1)C(=O)O. The molecular formula is C20H24FN3O4. The number of amides is 2. The van der Waals surface area contributed by atoms with Crippen LogP contribution in [0.3, 0.4) is 0 Å². The van der Waals surface area contributed by atoms with E-state index in [1.165, 1.54) is 12.1 Å². The third-order valence-corrected chi connectivity index (χ3v) is 3.98. The molecule has 2 aromatic carbocycles. The fourth-order valence-electron chi connectivity index (χ4n) is 2.46. The van der Waals surface area contributed by atoms with E-state index in [1.807, 2.05) is 0 Å². The number of carboxylic acid groups (broad SMARTS) is 1. The Hall–Kier alpha value is -3.13. The second-order valence-electron chi connectivity index (χ2n) is 6.21. The van der Waals surface area contributed by atoms with Crippen LogP contribution in [0.5, 0.6) is 5.75 Å². The van der Waals surface area contributed by atoms with Crippen LogP contribution in [0.2, 0.25) is 0 Å². The summed E-state index contributed by atoms with van der Waals surface area (Å²) in [5, 5.41) is 14.2. The molecule has 0 heterocycles. The predicted molar refractivity (Wildman–Crippen MR) is 104 cm³/mol. The number of carbonyl (C=O) groups is 2. The van der Waals surface area contributed by atoms with Gasteiger partial charge in [-0.3, -0.25) is 0 Å². The van der Waals surface area contributed by atoms with Gasteiger partial charge in [-0.2, -0.15) is 0 Å². The highest BCUT2D eigenvalue weighted by Crippen LogP contribution is 2.17. The minimum atomic E-state index is -1.09. The number of hydrogen-bond acceptors (Lipinski definition) is 4. The first-order valence-corrected chi connectivity index (χ1v) is 8.95. The number of urea groups is 1. The molecule has 0 bridgehead atoms. The quantitative estimate of drug-likeness (QED) is 0.466. The van der Waals surface area contributed by atoms with Crippen molar-refractivity contribution in [3.8, 4) is 5.75 Å². The number of aliphatic carboxylic acids is 1. The number of nitrogens with two attached hydrogens (primary N) is 1. The number of carbonyl (C=O) groups excluding carboxylic acids is 1. The molecule has 0 spiro atoms. The number of anilines is 1. The zero-order chi connectivity index (χ0) is 20.4. The maximum absolute atomic E-state index is 12.9. The summed E-state index contributed by atoms with van der Waals surface area (Å²) < 4.78 is 18.5. The minimum absolute atomic E-state index is 0.288. The Balaban J connectivity index is 1.82. The molecule has 28 heavy (non-hydrogen) atoms. The highest BCUT2D eigenvalue weighted by Gasteiger charge is 2.19. The average Bonchev–Trinajstić information content (AvgIpc) is 2.68. The Morgan fingerprint density at radius 2 is 1.75 bits per heavy atom. The van der Waals surface area contributed by atoms with Crippen LogP contribution in [-0.4, -0.2) is 29.7 Å². The fraction of sp³-hybridized carbons (Fsp3) is 0.300. The highest BCUT2D eigenvalue weighted by atomic mass is 19.1. The van der Waals surface area contributed by atoms with Crippen LogP contribution in [-0.2, 0) is 11.4 Å². The molecule has 8 heteroatoms. The van der Waals surface area contributed by atoms with Crippen LogP contribution < -0.4 is 21.1 Å². The van der Waals surface area contributed by atoms with Gasteiger partial charge in [-0.15, -0.1) is 0 Å². The molecule has 2 rings (SSSR count). The Bertz CT molecular complexity index is 766. The molecule has 0 fully saturated rings. The second-order valence-corrected chi connectivity index (χ2v) is 6.21. The third kappa shape index (κ3) is 7.24. The first-order valence-electron chi connectivity index (χ1n) is 8.95. The van der Waals surface area contributed by atoms with E-state index in [4.69, 9.17) is 10.5 Å². The molecule has 0 radical (unpaired) electrons. The van der Waals surface area contributed by atoms with Crippen molar-refractivity contribution in [3.05, 3.63) is 59.9 Å². The number of hydrogen-bond donors (Lipinski definition) is 4. The minimum Gasteiger partial charge on any atom is -0.489 e. The number of benzene rings is 2. The molecule has 7 nitrogen and oxygen atoms in total. The van der Waals surface area contributed by atoms with Crippen molar-refractivity contribution in [2.24, 2.45) is 5.73 Å². The van der Waals surface area contributed by atoms with Crippen LogP contribution in [0.25, 0.3) is 0 Å². The zero-order valence-electron chi connectivity index (χ0n) is 15.4. The summed E-state index contributed by atoms with van der Waals surface area (Å²) >= 11 is 0. The molecule has 0 unspecified atom stereocenters. The van der Waals surface area contributed by atoms with Crippen LogP contribution in [0.15, 0.2) is 48.5 Å². The highest BCUT2D eigenvalue weighted by molar-refractivity contribution is 5.92. The van der Waals surface area contributed by atoms with Crippen molar-refractivity contribution in [1.82, 2.24) is 5.32 Å². The summed E-state index contributed by atoms with van der Waals surface area (Å²) in [4.78, 5) is 23.2. The Morgan fingerprint density at radius 1 is 1.07 bits per heavy atom. The van der Waals surface area contributed by atoms with Gasteiger partial charge in [0, 0.05) is 5.69 Å². The van der Waals surface area contributed by atoms with E-state index in [-0.39, 0.29) is 12.4 Å². The van der Waals surface area contributed by atoms with E-state index in [9.17, 15) is 19.1 Å². The maximum Gasteiger partial charge on any atom is 0.326 e. The van der Waals surface area contributed by atoms with E-state index in [2.05, 4.69) is 10.6 Å². The normalized spacial score (nSPS) is 11.5. The molecule has 2 aromatic rings. The first kappa shape index (κ1) is 21.2. The van der Waals surface area contributed by atoms with Gasteiger partial charge >= 0.3 is 12.0 Å². The summed E-state index contributed by atoms with van der Waals surface area (Å²) in [6.07, 6.45) is 1.64. The monoisotopic (exact) mass is 389 g/mol. The van der Waals surface area contributed by atoms with Gasteiger partial charge in [0.25, 0.3) is 0 Å². The van der Waals surface area contributed by atoms with Gasteiger partial charge < -0.3 is 26.2 Å². The van der Waals surface area contributed by atoms with Gasteiger partial charge in [-0.25, -0.2) is 14.0 Å². The number of nitrogens with one attached hydrogen (secondary N) is 2. The van der Waals surface area contributed by atoms with Crippen molar-refractivity contribution >= 4 is 17.7 Å². The number of halogens is 1. The van der Waals surface area contributed by atoms with Gasteiger partial charge in [-0.1, -0.05) is 12.1 Å². The van der Waals surface area contributed by atoms with Crippen LogP contribution in [0.1, 0.15) is 24.8 Å². The number of carboxylic acids is 1. The van der Waals surface area contributed by atoms with Gasteiger partial charge in [0.2, 0.25) is 0 Å². The average molecular weight is 389 g/mol. The molecule has 5 N–H and O–H groups in total. The van der Waals surface area contributed by atoms with Crippen molar-refractivity contribution in [2.75, 3.05) is 11.9 Å². The third-order valence-electron chi connectivity index (χ3n) is 3.98. The molecule has 0 aliphatic heterocycles. The standard InChI is InChI=1S/C20H24FN3O4/c21-15-6-4-14(5-7-15)13-28-17-10-8-16(9-11-17)23-20(27)24-18(19(25)26)3-1-2-12-22/h4-11,18H,1-3,12-13,22H2,(H,25,26)(H2,23,24,27)/t18-/m0/s1. The lowest BCUT2D eigenvalue weighted by Gasteiger charge is -2.15. The predicted octanol–water partition coefficient (Wildman–Crippen LogP) is 3.11. The van der Waals surface area contributed by atoms with Crippen LogP contribution in [0, 0.1) is 5.82 Å². The zero-order valence-corrected chi connectivity index (χ0v) is 15.4. The lowest BCUT2D eigenvalue weighted by atomic mass is 10.1. The number of rotatable bonds is 10. The Kier molecular flexibility index (Phi) is 8.23. The van der Waals surface area contributed by atoms with E-state index in [0.29, 0.717) is 37.2 Å². The summed E-state index contributed by atoms with van der Waals surface area (Å²) in [5.74, 6) is -0.806. The topological polar surface area (TPSA) is 114 Å². The molecular weight excluding hydrogens is 365 g/mol. The molecule has 1 atom stereocenters. The van der Waals surface area contributed by atoms with Crippen LogP contribution in [0.4, 0.5) is 14.9 Å². The van der Waals surface area contributed by atoms with Crippen LogP contribution >= 0.6 is 0 Å². The van der Waals surface area contributed by atoms with Gasteiger partial charge in [0.05, 0.1) is 0 Å². The van der Waals surface area contributed by atoms with Crippen molar-refractivity contribution in [1.29, 1.82) is 0 Å². The lowest BCUT2D eigenvalue weighted by molar-refractivity contribution is -0.139. The number of ether oxygens (including phenoxy) is 1. The van der Waals surface area contributed by atoms with E-state index in [1.54, 1.807) is 36.4 Å². The molecule has 150 valence electrons. The summed E-state index contributed by atoms with van der Waals surface area (Å²) in [6, 6.07) is 11.1. The number of unbranched alkanes of at least 4 members (excludes halogenated alkanes) is 1. The first-order chi connectivity index (χ1) is 13.5. The maximum atomic E-state index is 12.9. The van der Waals surface area contributed by atoms with Crippen molar-refractivity contribution in [2.45, 2.75) is 31.9 Å². The molecule has 0 saturated carbocycles. The van der Waals surface area contributed by atoms with Crippen molar-refractivity contribution < 1.29 is 23.8 Å². The molecule has 2 amide bonds. The van der Waals surface area contributed by atoms with Crippen molar-refractivity contribution in [3.63, 3.8) is 0 Å². The van der Waals surface area contributed by atoms with Gasteiger partial charge in [-0.05, 0) is 67.8 Å². The Labute approximate surface area is 162 Å². The smallest absolute Gasteiger partial charge is 0.326 e. The fourth-order valence-corrected chi connectivity index (χ4v) is 2.46. The summed E-state index contributed by atoms with van der Waals surface area (Å²) in [7, 11) is 0. The Morgan fingerprint density at radius 3 is 2.36 bits per heavy atom. The van der Waals surface area contributed by atoms with Gasteiger partial charge in [0.1, 0.15) is 24.2 Å². The largest absolute Gasteiger partial charge is 0.489 e. The molecule has 0 aliphatic carbocycles. The summed E-state index contributed by atoms with van der Waals surface area (Å²) in [5.41, 5.74) is 6.72. The van der Waals surface area contributed by atoms with Gasteiger partial charge in [0.15, 0.2) is 0 Å². The molecule has 0 saturated heterocycles. The molecule has 0 aromatic heterocycles.